The first-order valence-electron chi connectivity index (χ1n) is 13.8. The maximum Gasteiger partial charge on any atom is 0.264 e. The summed E-state index contributed by atoms with van der Waals surface area (Å²) in [6, 6.07) is 24.4. The highest BCUT2D eigenvalue weighted by molar-refractivity contribution is 8.00. The Kier molecular flexibility index (Phi) is 10.0. The van der Waals surface area contributed by atoms with Gasteiger partial charge in [-0.1, -0.05) is 54.2 Å². The maximum atomic E-state index is 12.9. The van der Waals surface area contributed by atoms with Crippen LogP contribution in [0.3, 0.4) is 0 Å². The van der Waals surface area contributed by atoms with Gasteiger partial charge in [-0.15, -0.1) is 39.4 Å². The number of rotatable bonds is 13. The van der Waals surface area contributed by atoms with Gasteiger partial charge >= 0.3 is 0 Å². The number of hydrogen-bond donors (Lipinski definition) is 5. The number of hydrogen-bond acceptors (Lipinski definition) is 11. The van der Waals surface area contributed by atoms with Gasteiger partial charge in [0.1, 0.15) is 0 Å². The number of anilines is 2. The number of amides is 2. The van der Waals surface area contributed by atoms with Crippen molar-refractivity contribution >= 4 is 69.4 Å². The molecule has 4 aromatic heterocycles. The number of nitrogens with zero attached hydrogens (tertiary/aromatic N) is 4. The quantitative estimate of drug-likeness (QED) is 0.0502. The minimum Gasteiger partial charge on any atom is -0.373 e. The Morgan fingerprint density at radius 3 is 2.15 bits per heavy atom. The molecule has 0 aliphatic carbocycles. The topological polar surface area (TPSA) is 162 Å². The Balaban J connectivity index is 1.04. The van der Waals surface area contributed by atoms with Crippen molar-refractivity contribution in [3.63, 3.8) is 0 Å². The molecule has 0 saturated carbocycles. The molecule has 0 radical (unpaired) electrons. The standard InChI is InChI=1S/C31H26N8O3S4/c1-2-7-24(27(40)32-19-8-4-3-5-9-19)45-30-35-26(37-38-30)23-16-15-21(44-23)18-11-13-20(14-12-18)33-28(41)29(42)46-31-34-25(36-39-31)22-10-6-17-43-22/h2-6,8-17,24,29,42H,1,7H2,(H,32,40)(H,33,41)(H,34,36,39)(H,35,37,38). The zero-order valence-electron chi connectivity index (χ0n) is 23.9. The minimum atomic E-state index is -1.39. The normalized spacial score (nSPS) is 12.4. The third-order valence-corrected chi connectivity index (χ3v) is 10.3. The summed E-state index contributed by atoms with van der Waals surface area (Å²) in [7, 11) is 0. The SMILES string of the molecule is C=CCC(Sc1n[nH]c(-c2ccc(-c3ccc(NC(=O)C(O)Sc4n[nH]c(-c5cccs5)n4)cc3)s2)n1)C(=O)Nc1ccccc1. The Morgan fingerprint density at radius 1 is 0.804 bits per heavy atom. The van der Waals surface area contributed by atoms with Crippen molar-refractivity contribution < 1.29 is 14.7 Å². The van der Waals surface area contributed by atoms with Crippen molar-refractivity contribution in [3.8, 4) is 31.8 Å². The Hall–Kier alpha value is -4.54. The maximum absolute atomic E-state index is 12.9. The van der Waals surface area contributed by atoms with E-state index in [-0.39, 0.29) is 11.1 Å². The van der Waals surface area contributed by atoms with Crippen LogP contribution in [0.25, 0.3) is 31.8 Å². The summed E-state index contributed by atoms with van der Waals surface area (Å²) in [4.78, 5) is 37.2. The van der Waals surface area contributed by atoms with E-state index in [0.717, 1.165) is 37.6 Å². The lowest BCUT2D eigenvalue weighted by Crippen LogP contribution is -2.24. The number of aliphatic hydroxyl groups excluding tert-OH is 1. The highest BCUT2D eigenvalue weighted by Gasteiger charge is 2.22. The van der Waals surface area contributed by atoms with Crippen LogP contribution in [0, 0.1) is 0 Å². The molecule has 0 saturated heterocycles. The first-order valence-corrected chi connectivity index (χ1v) is 17.3. The van der Waals surface area contributed by atoms with Gasteiger partial charge in [-0.2, -0.15) is 0 Å². The molecule has 0 bridgehead atoms. The number of aromatic nitrogens is 6. The fourth-order valence-electron chi connectivity index (χ4n) is 4.16. The third-order valence-electron chi connectivity index (χ3n) is 6.36. The van der Waals surface area contributed by atoms with E-state index in [1.807, 2.05) is 72.1 Å². The van der Waals surface area contributed by atoms with E-state index in [1.54, 1.807) is 18.2 Å². The number of thiophene rings is 2. The van der Waals surface area contributed by atoms with E-state index < -0.39 is 16.6 Å². The van der Waals surface area contributed by atoms with Crippen LogP contribution in [-0.4, -0.2) is 58.0 Å². The van der Waals surface area contributed by atoms with Gasteiger partial charge in [0.2, 0.25) is 16.2 Å². The molecular formula is C31H26N8O3S4. The lowest BCUT2D eigenvalue weighted by atomic mass is 10.2. The number of allylic oxidation sites excluding steroid dienone is 1. The number of thioether (sulfide) groups is 2. The average Bonchev–Trinajstić information content (AvgIpc) is 3.89. The van der Waals surface area contributed by atoms with Crippen molar-refractivity contribution in [2.45, 2.75) is 27.4 Å². The molecule has 2 amide bonds. The number of carbonyl (C=O) groups is 2. The molecule has 6 aromatic rings. The molecule has 232 valence electrons. The summed E-state index contributed by atoms with van der Waals surface area (Å²) in [5.74, 6) is 0.460. The van der Waals surface area contributed by atoms with E-state index in [0.29, 0.717) is 28.9 Å². The lowest BCUT2D eigenvalue weighted by Gasteiger charge is -2.13. The first-order chi connectivity index (χ1) is 22.4. The second-order valence-electron chi connectivity index (χ2n) is 9.60. The Labute approximate surface area is 280 Å². The second-order valence-corrected chi connectivity index (χ2v) is 13.8. The summed E-state index contributed by atoms with van der Waals surface area (Å²) in [6.45, 7) is 3.79. The number of aromatic amines is 2. The molecule has 11 nitrogen and oxygen atoms in total. The number of H-pyrrole nitrogens is 2. The van der Waals surface area contributed by atoms with Crippen molar-refractivity contribution in [3.05, 3.63) is 96.9 Å². The van der Waals surface area contributed by atoms with Gasteiger partial charge in [0.05, 0.1) is 15.0 Å². The number of para-hydroxylation sites is 1. The summed E-state index contributed by atoms with van der Waals surface area (Å²) < 4.78 is 0. The summed E-state index contributed by atoms with van der Waals surface area (Å²) in [6.07, 6.45) is 2.17. The molecule has 6 rings (SSSR count). The van der Waals surface area contributed by atoms with Crippen LogP contribution < -0.4 is 10.6 Å². The molecule has 15 heteroatoms. The van der Waals surface area contributed by atoms with Crippen LogP contribution in [-0.2, 0) is 9.59 Å². The van der Waals surface area contributed by atoms with Crippen LogP contribution in [0.5, 0.6) is 0 Å². The zero-order chi connectivity index (χ0) is 31.9. The second kappa shape index (κ2) is 14.7. The monoisotopic (exact) mass is 686 g/mol. The van der Waals surface area contributed by atoms with E-state index in [2.05, 4.69) is 47.6 Å². The fourth-order valence-corrected chi connectivity index (χ4v) is 7.28. The molecule has 5 N–H and O–H groups in total. The zero-order valence-corrected chi connectivity index (χ0v) is 27.2. The van der Waals surface area contributed by atoms with Gasteiger partial charge in [-0.25, -0.2) is 9.97 Å². The number of benzene rings is 2. The molecule has 2 aromatic carbocycles. The van der Waals surface area contributed by atoms with Crippen LogP contribution in [0.15, 0.2) is 107 Å². The van der Waals surface area contributed by atoms with Crippen LogP contribution in [0.1, 0.15) is 6.42 Å². The summed E-state index contributed by atoms with van der Waals surface area (Å²) >= 11 is 5.17. The van der Waals surface area contributed by atoms with E-state index in [9.17, 15) is 14.7 Å². The predicted octanol–water partition coefficient (Wildman–Crippen LogP) is 6.77. The van der Waals surface area contributed by atoms with Crippen LogP contribution >= 0.6 is 46.2 Å². The molecular weight excluding hydrogens is 661 g/mol. The van der Waals surface area contributed by atoms with Gasteiger partial charge in [0, 0.05) is 16.3 Å². The smallest absolute Gasteiger partial charge is 0.264 e. The van der Waals surface area contributed by atoms with Crippen LogP contribution in [0.4, 0.5) is 11.4 Å². The first kappa shape index (κ1) is 31.4. The largest absolute Gasteiger partial charge is 0.373 e. The molecule has 0 aliphatic heterocycles. The molecule has 2 unspecified atom stereocenters. The molecule has 0 fully saturated rings. The van der Waals surface area contributed by atoms with Gasteiger partial charge < -0.3 is 15.7 Å². The predicted molar refractivity (Wildman–Crippen MR) is 185 cm³/mol. The van der Waals surface area contributed by atoms with Crippen molar-refractivity contribution in [1.82, 2.24) is 30.4 Å². The van der Waals surface area contributed by atoms with E-state index >= 15 is 0 Å². The van der Waals surface area contributed by atoms with Gasteiger partial charge in [0.15, 0.2) is 17.1 Å². The Morgan fingerprint density at radius 2 is 1.46 bits per heavy atom. The number of aliphatic hydroxyl groups is 1. The lowest BCUT2D eigenvalue weighted by molar-refractivity contribution is -0.120. The minimum absolute atomic E-state index is 0.146. The fraction of sp³-hybridized carbons (Fsp3) is 0.0968. The van der Waals surface area contributed by atoms with E-state index in [4.69, 9.17) is 0 Å². The van der Waals surface area contributed by atoms with Gasteiger partial charge in [-0.3, -0.25) is 19.8 Å². The van der Waals surface area contributed by atoms with Crippen molar-refractivity contribution in [2.24, 2.45) is 0 Å². The van der Waals surface area contributed by atoms with Crippen molar-refractivity contribution in [1.29, 1.82) is 0 Å². The molecule has 0 aliphatic rings. The van der Waals surface area contributed by atoms with Crippen molar-refractivity contribution in [2.75, 3.05) is 10.6 Å². The van der Waals surface area contributed by atoms with Gasteiger partial charge in [0.25, 0.3) is 5.91 Å². The number of carbonyl (C=O) groups excluding carboxylic acids is 2. The Bertz CT molecular complexity index is 1920. The highest BCUT2D eigenvalue weighted by Crippen LogP contribution is 2.35. The average molecular weight is 687 g/mol. The highest BCUT2D eigenvalue weighted by atomic mass is 32.2. The third kappa shape index (κ3) is 7.81. The van der Waals surface area contributed by atoms with Gasteiger partial charge in [-0.05, 0) is 71.6 Å². The summed E-state index contributed by atoms with van der Waals surface area (Å²) in [5.41, 5.74) is 0.828. The molecule has 2 atom stereocenters. The number of nitrogens with one attached hydrogen (secondary N) is 4. The molecule has 46 heavy (non-hydrogen) atoms. The molecule has 4 heterocycles. The summed E-state index contributed by atoms with van der Waals surface area (Å²) in [5, 5.41) is 32.5. The molecule has 0 spiro atoms. The van der Waals surface area contributed by atoms with Crippen LogP contribution in [0.2, 0.25) is 0 Å². The van der Waals surface area contributed by atoms with E-state index in [1.165, 1.54) is 34.4 Å².